The minimum atomic E-state index is -4.63. The van der Waals surface area contributed by atoms with Gasteiger partial charge in [-0.2, -0.15) is 13.2 Å². The van der Waals surface area contributed by atoms with Crippen LogP contribution in [0.4, 0.5) is 18.9 Å². The Bertz CT molecular complexity index is 909. The molecule has 7 nitrogen and oxygen atoms in total. The molecule has 1 N–H and O–H groups in total. The molecule has 1 aromatic carbocycles. The summed E-state index contributed by atoms with van der Waals surface area (Å²) in [5.74, 6) is -1.48. The van der Waals surface area contributed by atoms with E-state index in [1.54, 1.807) is 0 Å². The molecule has 0 aliphatic heterocycles. The number of Topliss-reactive ketones (excluding diaryl/α,β-unsaturated/α-hetero) is 1. The molecular weight excluding hydrogens is 393 g/mol. The van der Waals surface area contributed by atoms with Crippen LogP contribution in [-0.2, 0) is 23.2 Å². The van der Waals surface area contributed by atoms with Crippen molar-refractivity contribution < 1.29 is 26.4 Å². The summed E-state index contributed by atoms with van der Waals surface area (Å²) < 4.78 is 63.6. The number of hydrogen-bond acceptors (Lipinski definition) is 6. The number of hydrogen-bond donors (Lipinski definition) is 1. The molecule has 1 aromatic heterocycles. The average Bonchev–Trinajstić information content (AvgIpc) is 2.86. The first-order valence-corrected chi connectivity index (χ1v) is 9.91. The number of aromatic nitrogens is 3. The number of alkyl halides is 3. The highest BCUT2D eigenvalue weighted by molar-refractivity contribution is 8.00. The molecule has 0 amide bonds. The van der Waals surface area contributed by atoms with Crippen LogP contribution < -0.4 is 4.72 Å². The number of carbonyl (C=O) groups excluding carboxylic acids is 1. The van der Waals surface area contributed by atoms with Crippen molar-refractivity contribution in [2.24, 2.45) is 7.05 Å². The maximum Gasteiger partial charge on any atom is 0.451 e. The number of sulfonamides is 1. The van der Waals surface area contributed by atoms with Crippen molar-refractivity contribution in [3.63, 3.8) is 0 Å². The summed E-state index contributed by atoms with van der Waals surface area (Å²) in [5, 5.41) is 5.84. The van der Waals surface area contributed by atoms with Crippen LogP contribution in [0, 0.1) is 0 Å². The van der Waals surface area contributed by atoms with Crippen LogP contribution in [0.2, 0.25) is 0 Å². The highest BCUT2D eigenvalue weighted by Crippen LogP contribution is 2.31. The Kier molecular flexibility index (Phi) is 5.66. The third-order valence-electron chi connectivity index (χ3n) is 3.21. The predicted octanol–water partition coefficient (Wildman–Crippen LogP) is 2.57. The summed E-state index contributed by atoms with van der Waals surface area (Å²) in [6.07, 6.45) is -3.63. The first-order valence-electron chi connectivity index (χ1n) is 7.14. The Balaban J connectivity index is 2.12. The third-order valence-corrected chi connectivity index (χ3v) is 4.95. The number of carbonyl (C=O) groups is 1. The zero-order valence-electron chi connectivity index (χ0n) is 13.9. The Morgan fingerprint density at radius 2 is 1.81 bits per heavy atom. The largest absolute Gasteiger partial charge is 0.451 e. The normalized spacial score (nSPS) is 13.5. The summed E-state index contributed by atoms with van der Waals surface area (Å²) >= 11 is 0.853. The van der Waals surface area contributed by atoms with Crippen molar-refractivity contribution in [1.82, 2.24) is 14.8 Å². The molecule has 0 saturated heterocycles. The van der Waals surface area contributed by atoms with Gasteiger partial charge in [0.05, 0.1) is 11.5 Å². The van der Waals surface area contributed by atoms with Crippen LogP contribution >= 0.6 is 11.8 Å². The van der Waals surface area contributed by atoms with E-state index < -0.39 is 27.3 Å². The van der Waals surface area contributed by atoms with E-state index in [1.165, 1.54) is 38.2 Å². The summed E-state index contributed by atoms with van der Waals surface area (Å²) in [5.41, 5.74) is 0.592. The summed E-state index contributed by atoms with van der Waals surface area (Å²) in [6, 6.07) is 5.72. The lowest BCUT2D eigenvalue weighted by molar-refractivity contribution is -0.147. The standard InChI is InChI=1S/C14H15F3N4O3S2/c1-8(25-13-19-18-12(21(13)2)14(15,16)17)11(22)9-4-6-10(7-5-9)20-26(3,23)24/h4-8,20H,1-3H3. The van der Waals surface area contributed by atoms with Gasteiger partial charge in [-0.25, -0.2) is 8.42 Å². The Hall–Kier alpha value is -2.08. The smallest absolute Gasteiger partial charge is 0.302 e. The zero-order chi connectivity index (χ0) is 19.7. The lowest BCUT2D eigenvalue weighted by Crippen LogP contribution is -2.16. The second-order valence-corrected chi connectivity index (χ2v) is 8.50. The molecule has 2 rings (SSSR count). The molecule has 0 aliphatic carbocycles. The van der Waals surface area contributed by atoms with Crippen LogP contribution in [0.5, 0.6) is 0 Å². The van der Waals surface area contributed by atoms with Gasteiger partial charge in [0.25, 0.3) is 0 Å². The molecule has 1 heterocycles. The van der Waals surface area contributed by atoms with Crippen molar-refractivity contribution >= 4 is 33.3 Å². The number of thioether (sulfide) groups is 1. The number of benzene rings is 1. The monoisotopic (exact) mass is 408 g/mol. The van der Waals surface area contributed by atoms with Gasteiger partial charge in [0, 0.05) is 18.3 Å². The van der Waals surface area contributed by atoms with Crippen molar-refractivity contribution in [3.8, 4) is 0 Å². The van der Waals surface area contributed by atoms with Gasteiger partial charge in [0.15, 0.2) is 10.9 Å². The molecule has 0 bridgehead atoms. The summed E-state index contributed by atoms with van der Waals surface area (Å²) in [6.45, 7) is 1.54. The number of ketones is 1. The second kappa shape index (κ2) is 7.27. The van der Waals surface area contributed by atoms with Gasteiger partial charge < -0.3 is 4.57 Å². The highest BCUT2D eigenvalue weighted by Gasteiger charge is 2.37. The van der Waals surface area contributed by atoms with Gasteiger partial charge in [-0.15, -0.1) is 10.2 Å². The molecule has 0 radical (unpaired) electrons. The summed E-state index contributed by atoms with van der Waals surface area (Å²) in [4.78, 5) is 12.4. The fraction of sp³-hybridized carbons (Fsp3) is 0.357. The molecule has 1 atom stereocenters. The zero-order valence-corrected chi connectivity index (χ0v) is 15.5. The van der Waals surface area contributed by atoms with E-state index in [2.05, 4.69) is 14.9 Å². The van der Waals surface area contributed by atoms with Gasteiger partial charge >= 0.3 is 6.18 Å². The van der Waals surface area contributed by atoms with Crippen molar-refractivity contribution in [3.05, 3.63) is 35.7 Å². The number of nitrogens with one attached hydrogen (secondary N) is 1. The van der Waals surface area contributed by atoms with E-state index in [4.69, 9.17) is 0 Å². The average molecular weight is 408 g/mol. The van der Waals surface area contributed by atoms with Crippen LogP contribution in [0.3, 0.4) is 0 Å². The number of halogens is 3. The first-order chi connectivity index (χ1) is 11.9. The molecule has 0 fully saturated rings. The maximum absolute atomic E-state index is 12.7. The van der Waals surface area contributed by atoms with Gasteiger partial charge in [-0.05, 0) is 31.2 Å². The van der Waals surface area contributed by atoms with Crippen molar-refractivity contribution in [2.45, 2.75) is 23.5 Å². The molecule has 0 spiro atoms. The minimum Gasteiger partial charge on any atom is -0.302 e. The quantitative estimate of drug-likeness (QED) is 0.583. The summed E-state index contributed by atoms with van der Waals surface area (Å²) in [7, 11) is -2.26. The van der Waals surface area contributed by atoms with Crippen LogP contribution in [0.25, 0.3) is 0 Å². The van der Waals surface area contributed by atoms with Crippen LogP contribution in [-0.4, -0.2) is 40.5 Å². The molecule has 2 aromatic rings. The molecule has 1 unspecified atom stereocenters. The Morgan fingerprint density at radius 1 is 1.23 bits per heavy atom. The molecular formula is C14H15F3N4O3S2. The Morgan fingerprint density at radius 3 is 2.27 bits per heavy atom. The third kappa shape index (κ3) is 4.97. The molecule has 0 saturated carbocycles. The van der Waals surface area contributed by atoms with Gasteiger partial charge in [-0.3, -0.25) is 9.52 Å². The van der Waals surface area contributed by atoms with Crippen LogP contribution in [0.15, 0.2) is 29.4 Å². The second-order valence-electron chi connectivity index (χ2n) is 5.44. The molecule has 12 heteroatoms. The lowest BCUT2D eigenvalue weighted by atomic mass is 10.1. The number of anilines is 1. The highest BCUT2D eigenvalue weighted by atomic mass is 32.2. The number of rotatable bonds is 6. The van der Waals surface area contributed by atoms with E-state index in [9.17, 15) is 26.4 Å². The van der Waals surface area contributed by atoms with E-state index in [1.807, 2.05) is 0 Å². The predicted molar refractivity (Wildman–Crippen MR) is 90.6 cm³/mol. The van der Waals surface area contributed by atoms with Crippen LogP contribution in [0.1, 0.15) is 23.1 Å². The van der Waals surface area contributed by atoms with Gasteiger partial charge in [-0.1, -0.05) is 11.8 Å². The van der Waals surface area contributed by atoms with E-state index in [0.717, 1.165) is 22.6 Å². The first kappa shape index (κ1) is 20.2. The van der Waals surface area contributed by atoms with E-state index in [0.29, 0.717) is 11.3 Å². The number of nitrogens with zero attached hydrogens (tertiary/aromatic N) is 3. The van der Waals surface area contributed by atoms with Crippen molar-refractivity contribution in [2.75, 3.05) is 11.0 Å². The molecule has 26 heavy (non-hydrogen) atoms. The lowest BCUT2D eigenvalue weighted by Gasteiger charge is -2.11. The van der Waals surface area contributed by atoms with E-state index >= 15 is 0 Å². The van der Waals surface area contributed by atoms with E-state index in [-0.39, 0.29) is 10.9 Å². The Labute approximate surface area is 152 Å². The van der Waals surface area contributed by atoms with Gasteiger partial charge in [0.2, 0.25) is 15.8 Å². The maximum atomic E-state index is 12.7. The molecule has 0 aliphatic rings. The minimum absolute atomic E-state index is 0.0338. The van der Waals surface area contributed by atoms with Crippen molar-refractivity contribution in [1.29, 1.82) is 0 Å². The fourth-order valence-corrected chi connectivity index (χ4v) is 3.48. The van der Waals surface area contributed by atoms with Gasteiger partial charge in [0.1, 0.15) is 0 Å². The SMILES string of the molecule is CC(Sc1nnc(C(F)(F)F)n1C)C(=O)c1ccc(NS(C)(=O)=O)cc1. The fourth-order valence-electron chi connectivity index (χ4n) is 2.03. The topological polar surface area (TPSA) is 93.9 Å². The molecule has 142 valence electrons.